The van der Waals surface area contributed by atoms with Gasteiger partial charge in [0.25, 0.3) is 0 Å². The van der Waals surface area contributed by atoms with Crippen molar-refractivity contribution >= 4 is 57.6 Å². The van der Waals surface area contributed by atoms with Gasteiger partial charge in [-0.3, -0.25) is 0 Å². The average Bonchev–Trinajstić information content (AvgIpc) is 3.46. The summed E-state index contributed by atoms with van der Waals surface area (Å²) in [6.07, 6.45) is 0. The third kappa shape index (κ3) is 5.07. The lowest BCUT2D eigenvalue weighted by atomic mass is 9.82. The fraction of sp³-hybridized carbons (Fsp3) is 0.0588. The van der Waals surface area contributed by atoms with E-state index in [9.17, 15) is 0 Å². The van der Waals surface area contributed by atoms with Gasteiger partial charge in [-0.2, -0.15) is 0 Å². The van der Waals surface area contributed by atoms with Crippen molar-refractivity contribution in [1.82, 2.24) is 0 Å². The molecule has 0 unspecified atom stereocenters. The number of anilines is 3. The van der Waals surface area contributed by atoms with Crippen LogP contribution < -0.4 is 25.6 Å². The standard InChI is InChI=1S/C51H39NSSi/c1-51(2)45-23-13-12-22-43(45)44-32-30-39(34-46(44)51)52(38-28-26-37(27-29-38)36-16-6-3-7-17-36)40-31-33-48-50(35-40)54(41-18-8-4-9-19-41,42-20-10-5-11-21-42)49-25-15-14-24-47(49)53-48/h3-35H,1-2H3. The maximum Gasteiger partial charge on any atom is 0.181 e. The molecular weight excluding hydrogens is 687 g/mol. The van der Waals surface area contributed by atoms with E-state index in [-0.39, 0.29) is 5.41 Å². The van der Waals surface area contributed by atoms with Crippen molar-refractivity contribution in [2.45, 2.75) is 29.1 Å². The smallest absolute Gasteiger partial charge is 0.181 e. The molecule has 1 nitrogen and oxygen atoms in total. The van der Waals surface area contributed by atoms with Crippen LogP contribution in [0, 0.1) is 0 Å². The zero-order chi connectivity index (χ0) is 36.3. The van der Waals surface area contributed by atoms with E-state index in [0.717, 1.165) is 17.1 Å². The predicted molar refractivity (Wildman–Crippen MR) is 232 cm³/mol. The minimum atomic E-state index is -2.74. The fourth-order valence-corrected chi connectivity index (χ4v) is 16.0. The van der Waals surface area contributed by atoms with Gasteiger partial charge < -0.3 is 4.90 Å². The summed E-state index contributed by atoms with van der Waals surface area (Å²) in [7, 11) is -2.74. The zero-order valence-corrected chi connectivity index (χ0v) is 32.2. The summed E-state index contributed by atoms with van der Waals surface area (Å²) in [6.45, 7) is 4.74. The predicted octanol–water partition coefficient (Wildman–Crippen LogP) is 11.0. The number of rotatable bonds is 6. The summed E-state index contributed by atoms with van der Waals surface area (Å²) in [5.41, 5.74) is 11.2. The van der Waals surface area contributed by atoms with E-state index < -0.39 is 8.07 Å². The molecule has 1 aliphatic heterocycles. The Morgan fingerprint density at radius 2 is 0.926 bits per heavy atom. The van der Waals surface area contributed by atoms with Crippen LogP contribution in [0.5, 0.6) is 0 Å². The molecule has 0 spiro atoms. The Bertz CT molecular complexity index is 2610. The lowest BCUT2D eigenvalue weighted by Gasteiger charge is -2.40. The first-order valence-electron chi connectivity index (χ1n) is 18.8. The van der Waals surface area contributed by atoms with Gasteiger partial charge in [0.05, 0.1) is 0 Å². The van der Waals surface area contributed by atoms with Gasteiger partial charge in [-0.15, -0.1) is 0 Å². The summed E-state index contributed by atoms with van der Waals surface area (Å²) < 4.78 is 0. The van der Waals surface area contributed by atoms with E-state index in [1.807, 2.05) is 11.8 Å². The second kappa shape index (κ2) is 12.9. The lowest BCUT2D eigenvalue weighted by molar-refractivity contribution is 0.660. The molecule has 54 heavy (non-hydrogen) atoms. The molecule has 258 valence electrons. The summed E-state index contributed by atoms with van der Waals surface area (Å²) in [5.74, 6) is 0. The minimum Gasteiger partial charge on any atom is -0.310 e. The van der Waals surface area contributed by atoms with Gasteiger partial charge in [0.15, 0.2) is 8.07 Å². The number of hydrogen-bond donors (Lipinski definition) is 0. The monoisotopic (exact) mass is 725 g/mol. The van der Waals surface area contributed by atoms with Gasteiger partial charge in [0.1, 0.15) is 0 Å². The van der Waals surface area contributed by atoms with Gasteiger partial charge in [0.2, 0.25) is 0 Å². The average molecular weight is 726 g/mol. The molecule has 0 N–H and O–H groups in total. The number of fused-ring (bicyclic) bond motifs is 5. The Balaban J connectivity index is 1.21. The maximum atomic E-state index is 2.53. The minimum absolute atomic E-state index is 0.107. The van der Waals surface area contributed by atoms with E-state index in [1.165, 1.54) is 63.9 Å². The van der Waals surface area contributed by atoms with Crippen LogP contribution in [0.2, 0.25) is 0 Å². The zero-order valence-electron chi connectivity index (χ0n) is 30.4. The van der Waals surface area contributed by atoms with Crippen molar-refractivity contribution in [3.05, 3.63) is 211 Å². The van der Waals surface area contributed by atoms with Crippen LogP contribution in [0.1, 0.15) is 25.0 Å². The van der Waals surface area contributed by atoms with E-state index in [2.05, 4.69) is 219 Å². The highest BCUT2D eigenvalue weighted by Gasteiger charge is 2.47. The molecule has 0 bridgehead atoms. The Morgan fingerprint density at radius 3 is 1.65 bits per heavy atom. The van der Waals surface area contributed by atoms with Crippen LogP contribution in [-0.4, -0.2) is 8.07 Å². The van der Waals surface area contributed by atoms with Crippen LogP contribution in [0.3, 0.4) is 0 Å². The molecule has 0 aromatic heterocycles. The first-order valence-corrected chi connectivity index (χ1v) is 21.6. The lowest BCUT2D eigenvalue weighted by Crippen LogP contribution is -2.76. The summed E-state index contributed by atoms with van der Waals surface area (Å²) in [4.78, 5) is 5.17. The second-order valence-corrected chi connectivity index (χ2v) is 19.7. The van der Waals surface area contributed by atoms with Crippen molar-refractivity contribution < 1.29 is 0 Å². The topological polar surface area (TPSA) is 3.24 Å². The third-order valence-corrected chi connectivity index (χ3v) is 18.0. The third-order valence-electron chi connectivity index (χ3n) is 11.6. The van der Waals surface area contributed by atoms with E-state index in [1.54, 1.807) is 0 Å². The Hall–Kier alpha value is -5.87. The van der Waals surface area contributed by atoms with Crippen LogP contribution in [0.15, 0.2) is 210 Å². The number of hydrogen-bond acceptors (Lipinski definition) is 2. The number of benzene rings is 8. The van der Waals surface area contributed by atoms with Gasteiger partial charge in [-0.05, 0) is 103 Å². The van der Waals surface area contributed by atoms with Crippen molar-refractivity contribution in [3.8, 4) is 22.3 Å². The van der Waals surface area contributed by atoms with E-state index >= 15 is 0 Å². The Labute approximate surface area is 323 Å². The summed E-state index contributed by atoms with van der Waals surface area (Å²) in [5, 5.41) is 5.69. The van der Waals surface area contributed by atoms with E-state index in [4.69, 9.17) is 0 Å². The van der Waals surface area contributed by atoms with Crippen molar-refractivity contribution in [1.29, 1.82) is 0 Å². The van der Waals surface area contributed by atoms with E-state index in [0.29, 0.717) is 0 Å². The molecule has 10 rings (SSSR count). The van der Waals surface area contributed by atoms with Crippen molar-refractivity contribution in [3.63, 3.8) is 0 Å². The molecule has 0 atom stereocenters. The van der Waals surface area contributed by atoms with Gasteiger partial charge in [0, 0.05) is 32.3 Å². The van der Waals surface area contributed by atoms with Gasteiger partial charge >= 0.3 is 0 Å². The fourth-order valence-electron chi connectivity index (χ4n) is 9.05. The first kappa shape index (κ1) is 32.8. The Morgan fingerprint density at radius 1 is 0.407 bits per heavy atom. The first-order chi connectivity index (χ1) is 26.5. The van der Waals surface area contributed by atoms with Crippen molar-refractivity contribution in [2.24, 2.45) is 0 Å². The SMILES string of the molecule is CC1(C)c2ccccc2-c2ccc(N(c3ccc(-c4ccccc4)cc3)c3ccc4c(c3)[Si](c3ccccc3)(c3ccccc3)c3ccccc3S4)cc21. The van der Waals surface area contributed by atoms with Crippen LogP contribution in [0.25, 0.3) is 22.3 Å². The molecular formula is C51H39NSSi. The number of nitrogens with zero attached hydrogens (tertiary/aromatic N) is 1. The highest BCUT2D eigenvalue weighted by molar-refractivity contribution is 8.00. The molecule has 1 aliphatic carbocycles. The highest BCUT2D eigenvalue weighted by atomic mass is 32.2. The Kier molecular flexibility index (Phi) is 7.83. The molecule has 3 heteroatoms. The quantitative estimate of drug-likeness (QED) is 0.157. The molecule has 8 aromatic rings. The van der Waals surface area contributed by atoms with Crippen LogP contribution in [0.4, 0.5) is 17.1 Å². The molecule has 0 radical (unpaired) electrons. The molecule has 8 aromatic carbocycles. The summed E-state index contributed by atoms with van der Waals surface area (Å²) in [6, 6.07) is 74.8. The molecule has 2 aliphatic rings. The molecule has 0 amide bonds. The summed E-state index contributed by atoms with van der Waals surface area (Å²) >= 11 is 1.91. The van der Waals surface area contributed by atoms with Gasteiger partial charge in [-0.1, -0.05) is 177 Å². The molecule has 0 saturated carbocycles. The second-order valence-electron chi connectivity index (χ2n) is 14.9. The van der Waals surface area contributed by atoms with Crippen LogP contribution >= 0.6 is 11.8 Å². The van der Waals surface area contributed by atoms with Crippen LogP contribution in [-0.2, 0) is 5.41 Å². The van der Waals surface area contributed by atoms with Crippen molar-refractivity contribution in [2.75, 3.05) is 4.90 Å². The maximum absolute atomic E-state index is 2.74. The largest absolute Gasteiger partial charge is 0.310 e. The highest BCUT2D eigenvalue weighted by Crippen LogP contribution is 2.50. The molecule has 0 fully saturated rings. The molecule has 1 heterocycles. The normalized spacial score (nSPS) is 14.3. The van der Waals surface area contributed by atoms with Gasteiger partial charge in [-0.25, -0.2) is 0 Å². The molecule has 0 saturated heterocycles.